The van der Waals surface area contributed by atoms with Crippen molar-refractivity contribution in [2.75, 3.05) is 30.0 Å². The predicted molar refractivity (Wildman–Crippen MR) is 87.3 cm³/mol. The molecule has 2 aliphatic heterocycles. The summed E-state index contributed by atoms with van der Waals surface area (Å²) >= 11 is 0. The lowest BCUT2D eigenvalue weighted by molar-refractivity contribution is -0.116. The fraction of sp³-hybridized carbons (Fsp3) is 0.500. The lowest BCUT2D eigenvalue weighted by atomic mass is 10.1. The average molecular weight is 336 g/mol. The zero-order chi connectivity index (χ0) is 16.8. The number of sulfone groups is 1. The number of nitrogens with zero attached hydrogens (tertiary/aromatic N) is 2. The zero-order valence-electron chi connectivity index (χ0n) is 13.3. The highest BCUT2D eigenvalue weighted by Crippen LogP contribution is 2.29. The van der Waals surface area contributed by atoms with E-state index in [4.69, 9.17) is 0 Å². The zero-order valence-corrected chi connectivity index (χ0v) is 14.1. The average Bonchev–Trinajstić information content (AvgIpc) is 3.08. The third kappa shape index (κ3) is 2.97. The molecule has 0 N–H and O–H groups in total. The van der Waals surface area contributed by atoms with Crippen molar-refractivity contribution >= 4 is 27.3 Å². The lowest BCUT2D eigenvalue weighted by Crippen LogP contribution is -2.37. The molecule has 23 heavy (non-hydrogen) atoms. The molecule has 1 aromatic carbocycles. The van der Waals surface area contributed by atoms with Gasteiger partial charge in [0.2, 0.25) is 5.91 Å². The van der Waals surface area contributed by atoms with Gasteiger partial charge in [-0.2, -0.15) is 0 Å². The number of rotatable bonds is 2. The van der Waals surface area contributed by atoms with E-state index in [0.29, 0.717) is 18.5 Å². The SMILES string of the molecule is CC(=O)N1CCc2cc(C(=O)N(C)[C@H]3CCS(=O)(=O)C3)ccc21. The Kier molecular flexibility index (Phi) is 3.91. The van der Waals surface area contributed by atoms with E-state index in [2.05, 4.69) is 0 Å². The number of carbonyl (C=O) groups is 2. The molecular formula is C16H20N2O4S. The van der Waals surface area contributed by atoms with Gasteiger partial charge < -0.3 is 9.80 Å². The van der Waals surface area contributed by atoms with Crippen molar-refractivity contribution in [3.63, 3.8) is 0 Å². The van der Waals surface area contributed by atoms with Crippen molar-refractivity contribution in [3.05, 3.63) is 29.3 Å². The van der Waals surface area contributed by atoms with E-state index >= 15 is 0 Å². The second-order valence-electron chi connectivity index (χ2n) is 6.24. The highest BCUT2D eigenvalue weighted by molar-refractivity contribution is 7.91. The molecule has 0 aromatic heterocycles. The van der Waals surface area contributed by atoms with Gasteiger partial charge in [0.1, 0.15) is 0 Å². The molecule has 0 bridgehead atoms. The third-order valence-electron chi connectivity index (χ3n) is 4.68. The van der Waals surface area contributed by atoms with Gasteiger partial charge >= 0.3 is 0 Å². The Morgan fingerprint density at radius 2 is 2.04 bits per heavy atom. The number of amides is 2. The van der Waals surface area contributed by atoms with Crippen LogP contribution in [0.5, 0.6) is 0 Å². The van der Waals surface area contributed by atoms with Crippen molar-refractivity contribution in [3.8, 4) is 0 Å². The van der Waals surface area contributed by atoms with Crippen LogP contribution >= 0.6 is 0 Å². The first-order chi connectivity index (χ1) is 10.8. The topological polar surface area (TPSA) is 74.8 Å². The Labute approximate surface area is 136 Å². The smallest absolute Gasteiger partial charge is 0.253 e. The molecule has 1 fully saturated rings. The van der Waals surface area contributed by atoms with Gasteiger partial charge in [-0.15, -0.1) is 0 Å². The summed E-state index contributed by atoms with van der Waals surface area (Å²) in [7, 11) is -1.36. The van der Waals surface area contributed by atoms with E-state index in [9.17, 15) is 18.0 Å². The number of carbonyl (C=O) groups excluding carboxylic acids is 2. The first-order valence-electron chi connectivity index (χ1n) is 7.67. The van der Waals surface area contributed by atoms with Crippen molar-refractivity contribution in [2.24, 2.45) is 0 Å². The summed E-state index contributed by atoms with van der Waals surface area (Å²) in [5.74, 6) is 0.0120. The number of fused-ring (bicyclic) bond motifs is 1. The fourth-order valence-corrected chi connectivity index (χ4v) is 5.09. The van der Waals surface area contributed by atoms with Crippen molar-refractivity contribution in [2.45, 2.75) is 25.8 Å². The molecule has 1 atom stereocenters. The summed E-state index contributed by atoms with van der Waals surface area (Å²) in [6.07, 6.45) is 1.23. The fourth-order valence-electron chi connectivity index (χ4n) is 3.31. The van der Waals surface area contributed by atoms with Crippen LogP contribution in [-0.2, 0) is 21.1 Å². The van der Waals surface area contributed by atoms with Crippen LogP contribution in [0.1, 0.15) is 29.3 Å². The van der Waals surface area contributed by atoms with E-state index in [1.807, 2.05) is 6.07 Å². The number of hydrogen-bond acceptors (Lipinski definition) is 4. The van der Waals surface area contributed by atoms with Crippen LogP contribution in [0.4, 0.5) is 5.69 Å². The van der Waals surface area contributed by atoms with Crippen molar-refractivity contribution < 1.29 is 18.0 Å². The minimum atomic E-state index is -3.02. The molecule has 1 aromatic rings. The largest absolute Gasteiger partial charge is 0.338 e. The second kappa shape index (κ2) is 5.63. The van der Waals surface area contributed by atoms with Crippen LogP contribution < -0.4 is 4.90 Å². The first-order valence-corrected chi connectivity index (χ1v) is 9.49. The summed E-state index contributed by atoms with van der Waals surface area (Å²) < 4.78 is 23.2. The maximum absolute atomic E-state index is 12.6. The summed E-state index contributed by atoms with van der Waals surface area (Å²) in [5.41, 5.74) is 2.39. The van der Waals surface area contributed by atoms with Crippen LogP contribution in [0, 0.1) is 0 Å². The number of benzene rings is 1. The first kappa shape index (κ1) is 16.0. The minimum Gasteiger partial charge on any atom is -0.338 e. The molecular weight excluding hydrogens is 316 g/mol. The van der Waals surface area contributed by atoms with Crippen LogP contribution in [0.2, 0.25) is 0 Å². The van der Waals surface area contributed by atoms with Gasteiger partial charge in [0.05, 0.1) is 11.5 Å². The van der Waals surface area contributed by atoms with Gasteiger partial charge in [-0.1, -0.05) is 0 Å². The Morgan fingerprint density at radius 3 is 2.65 bits per heavy atom. The standard InChI is InChI=1S/C16H20N2O4S/c1-11(19)18-7-5-12-9-13(3-4-15(12)18)16(20)17(2)14-6-8-23(21,22)10-14/h3-4,9,14H,5-8,10H2,1-2H3/t14-/m0/s1. The van der Waals surface area contributed by atoms with Crippen LogP contribution in [0.15, 0.2) is 18.2 Å². The van der Waals surface area contributed by atoms with Crippen molar-refractivity contribution in [1.82, 2.24) is 4.90 Å². The molecule has 1 saturated heterocycles. The predicted octanol–water partition coefficient (Wildman–Crippen LogP) is 0.855. The summed E-state index contributed by atoms with van der Waals surface area (Å²) in [6, 6.07) is 5.08. The molecule has 0 spiro atoms. The molecule has 0 saturated carbocycles. The normalized spacial score (nSPS) is 22.0. The van der Waals surface area contributed by atoms with E-state index in [1.165, 1.54) is 11.8 Å². The molecule has 7 heteroatoms. The molecule has 124 valence electrons. The van der Waals surface area contributed by atoms with E-state index in [0.717, 1.165) is 17.7 Å². The molecule has 2 aliphatic rings. The molecule has 0 radical (unpaired) electrons. The summed E-state index contributed by atoms with van der Waals surface area (Å²) in [4.78, 5) is 27.4. The van der Waals surface area contributed by atoms with Gasteiger partial charge in [-0.3, -0.25) is 9.59 Å². The molecule has 0 aliphatic carbocycles. The third-order valence-corrected chi connectivity index (χ3v) is 6.43. The van der Waals surface area contributed by atoms with Gasteiger partial charge in [0.15, 0.2) is 9.84 Å². The summed E-state index contributed by atoms with van der Waals surface area (Å²) in [6.45, 7) is 2.17. The van der Waals surface area contributed by atoms with Crippen molar-refractivity contribution in [1.29, 1.82) is 0 Å². The van der Waals surface area contributed by atoms with Gasteiger partial charge in [-0.05, 0) is 36.6 Å². The maximum Gasteiger partial charge on any atom is 0.253 e. The Bertz CT molecular complexity index is 772. The molecule has 0 unspecified atom stereocenters. The Morgan fingerprint density at radius 1 is 1.30 bits per heavy atom. The lowest BCUT2D eigenvalue weighted by Gasteiger charge is -2.24. The van der Waals surface area contributed by atoms with E-state index in [-0.39, 0.29) is 29.4 Å². The highest BCUT2D eigenvalue weighted by atomic mass is 32.2. The summed E-state index contributed by atoms with van der Waals surface area (Å²) in [5, 5.41) is 0. The van der Waals surface area contributed by atoms with Gasteiger partial charge in [-0.25, -0.2) is 8.42 Å². The van der Waals surface area contributed by atoms with E-state index in [1.54, 1.807) is 24.1 Å². The van der Waals surface area contributed by atoms with Crippen LogP contribution in [-0.4, -0.2) is 56.3 Å². The number of anilines is 1. The van der Waals surface area contributed by atoms with Gasteiger partial charge in [0.25, 0.3) is 5.91 Å². The van der Waals surface area contributed by atoms with Crippen LogP contribution in [0.25, 0.3) is 0 Å². The number of hydrogen-bond donors (Lipinski definition) is 0. The maximum atomic E-state index is 12.6. The Balaban J connectivity index is 1.80. The molecule has 2 amide bonds. The molecule has 6 nitrogen and oxygen atoms in total. The van der Waals surface area contributed by atoms with Gasteiger partial charge in [0, 0.05) is 37.8 Å². The quantitative estimate of drug-likeness (QED) is 0.803. The second-order valence-corrected chi connectivity index (χ2v) is 8.47. The Hall–Kier alpha value is -1.89. The minimum absolute atomic E-state index is 0.00360. The molecule has 2 heterocycles. The van der Waals surface area contributed by atoms with Crippen LogP contribution in [0.3, 0.4) is 0 Å². The van der Waals surface area contributed by atoms with E-state index < -0.39 is 9.84 Å². The monoisotopic (exact) mass is 336 g/mol. The highest BCUT2D eigenvalue weighted by Gasteiger charge is 2.33. The molecule has 3 rings (SSSR count).